The number of nitrogens with zero attached hydrogens (tertiary/aromatic N) is 2. The van der Waals surface area contributed by atoms with Crippen molar-refractivity contribution in [2.24, 2.45) is 0 Å². The minimum absolute atomic E-state index is 0.0467. The minimum Gasteiger partial charge on any atom is -0.493 e. The molecule has 3 aromatic carbocycles. The fourth-order valence-electron chi connectivity index (χ4n) is 4.98. The van der Waals surface area contributed by atoms with Crippen LogP contribution < -0.4 is 10.1 Å². The Balaban J connectivity index is 1.50. The van der Waals surface area contributed by atoms with Gasteiger partial charge >= 0.3 is 0 Å². The van der Waals surface area contributed by atoms with Crippen molar-refractivity contribution in [3.8, 4) is 16.9 Å². The van der Waals surface area contributed by atoms with Gasteiger partial charge in [-0.15, -0.1) is 0 Å². The fraction of sp³-hybridized carbons (Fsp3) is 0.310. The molecule has 0 saturated heterocycles. The molecule has 1 amide bonds. The van der Waals surface area contributed by atoms with Gasteiger partial charge < -0.3 is 15.0 Å². The highest BCUT2D eigenvalue weighted by molar-refractivity contribution is 5.96. The lowest BCUT2D eigenvalue weighted by molar-refractivity contribution is 0.0498. The molecule has 0 unspecified atom stereocenters. The van der Waals surface area contributed by atoms with Gasteiger partial charge in [0.1, 0.15) is 11.6 Å². The normalized spacial score (nSPS) is 17.1. The van der Waals surface area contributed by atoms with Crippen LogP contribution in [0.1, 0.15) is 41.3 Å². The van der Waals surface area contributed by atoms with Gasteiger partial charge in [-0.1, -0.05) is 24.3 Å². The van der Waals surface area contributed by atoms with Crippen molar-refractivity contribution < 1.29 is 13.9 Å². The molecule has 1 heterocycles. The third-order valence-corrected chi connectivity index (χ3v) is 7.15. The first-order valence-corrected chi connectivity index (χ1v) is 12.4. The first-order chi connectivity index (χ1) is 17.5. The molecule has 0 radical (unpaired) electrons. The number of aryl methyl sites for hydroxylation is 1. The van der Waals surface area contributed by atoms with E-state index >= 15 is 0 Å². The van der Waals surface area contributed by atoms with Crippen LogP contribution >= 0.6 is 0 Å². The van der Waals surface area contributed by atoms with Crippen molar-refractivity contribution in [2.75, 3.05) is 13.7 Å². The minimum atomic E-state index is -0.312. The molecule has 5 rings (SSSR count). The van der Waals surface area contributed by atoms with E-state index in [0.29, 0.717) is 36.1 Å². The van der Waals surface area contributed by atoms with Gasteiger partial charge in [0.2, 0.25) is 0 Å². The quantitative estimate of drug-likeness (QED) is 0.347. The second-order valence-corrected chi connectivity index (χ2v) is 9.40. The van der Waals surface area contributed by atoms with Crippen molar-refractivity contribution in [2.45, 2.75) is 45.3 Å². The number of aromatic nitrogens is 2. The van der Waals surface area contributed by atoms with Crippen LogP contribution in [-0.2, 0) is 6.54 Å². The number of carbonyl (C=O) groups is 1. The summed E-state index contributed by atoms with van der Waals surface area (Å²) in [5.74, 6) is 0.213. The Labute approximate surface area is 210 Å². The fourth-order valence-corrected chi connectivity index (χ4v) is 4.98. The first kappa shape index (κ1) is 24.0. The third kappa shape index (κ3) is 4.58. The zero-order valence-electron chi connectivity index (χ0n) is 20.8. The maximum absolute atomic E-state index is 13.9. The van der Waals surface area contributed by atoms with Crippen molar-refractivity contribution in [1.82, 2.24) is 20.4 Å². The van der Waals surface area contributed by atoms with Gasteiger partial charge in [-0.2, -0.15) is 5.10 Å². The number of rotatable bonds is 8. The van der Waals surface area contributed by atoms with Crippen LogP contribution in [-0.4, -0.2) is 46.7 Å². The third-order valence-electron chi connectivity index (χ3n) is 7.15. The van der Waals surface area contributed by atoms with Gasteiger partial charge in [0.15, 0.2) is 0 Å². The van der Waals surface area contributed by atoms with Crippen LogP contribution in [0.3, 0.4) is 0 Å². The average molecular weight is 487 g/mol. The number of halogens is 1. The number of nitrogens with one attached hydrogen (secondary N) is 2. The number of fused-ring (bicyclic) bond motifs is 1. The summed E-state index contributed by atoms with van der Waals surface area (Å²) >= 11 is 0. The molecule has 6 nitrogen and oxygen atoms in total. The standard InChI is InChI=1S/C29H31FN4O2/c1-4-36-27-13-20(10-11-25(27)19-6-5-7-22(30)12-19)29(35)34(24-14-23(15-24)31-3)17-21-9-8-18(2)26-16-32-33-28(21)26/h5-13,16,23-24,31H,4,14-15,17H2,1-3H3,(H,32,33). The van der Waals surface area contributed by atoms with E-state index in [0.717, 1.165) is 40.4 Å². The van der Waals surface area contributed by atoms with E-state index in [1.54, 1.807) is 12.1 Å². The molecule has 2 N–H and O–H groups in total. The Kier molecular flexibility index (Phi) is 6.74. The van der Waals surface area contributed by atoms with E-state index in [1.165, 1.54) is 12.1 Å². The van der Waals surface area contributed by atoms with Gasteiger partial charge in [-0.3, -0.25) is 9.89 Å². The van der Waals surface area contributed by atoms with Crippen LogP contribution in [0.5, 0.6) is 5.75 Å². The zero-order valence-corrected chi connectivity index (χ0v) is 20.8. The van der Waals surface area contributed by atoms with Crippen molar-refractivity contribution in [3.63, 3.8) is 0 Å². The maximum Gasteiger partial charge on any atom is 0.254 e. The summed E-state index contributed by atoms with van der Waals surface area (Å²) in [7, 11) is 1.96. The molecule has 36 heavy (non-hydrogen) atoms. The van der Waals surface area contributed by atoms with Crippen molar-refractivity contribution >= 4 is 16.8 Å². The van der Waals surface area contributed by atoms with Gasteiger partial charge in [0.05, 0.1) is 18.3 Å². The molecule has 1 fully saturated rings. The summed E-state index contributed by atoms with van der Waals surface area (Å²) in [4.78, 5) is 15.9. The molecule has 0 bridgehead atoms. The molecule has 1 aliphatic rings. The molecule has 7 heteroatoms. The van der Waals surface area contributed by atoms with Crippen LogP contribution in [0.4, 0.5) is 4.39 Å². The highest BCUT2D eigenvalue weighted by atomic mass is 19.1. The molecule has 1 aromatic heterocycles. The first-order valence-electron chi connectivity index (χ1n) is 12.4. The predicted molar refractivity (Wildman–Crippen MR) is 140 cm³/mol. The van der Waals surface area contributed by atoms with Crippen molar-refractivity contribution in [1.29, 1.82) is 0 Å². The molecule has 4 aromatic rings. The zero-order chi connectivity index (χ0) is 25.2. The summed E-state index contributed by atoms with van der Waals surface area (Å²) in [6, 6.07) is 16.5. The Bertz CT molecular complexity index is 1390. The van der Waals surface area contributed by atoms with Gasteiger partial charge in [0.25, 0.3) is 5.91 Å². The number of ether oxygens (including phenoxy) is 1. The second kappa shape index (κ2) is 10.1. The summed E-state index contributed by atoms with van der Waals surface area (Å²) in [6.45, 7) is 4.88. The summed E-state index contributed by atoms with van der Waals surface area (Å²) in [5.41, 5.74) is 5.18. The maximum atomic E-state index is 13.9. The highest BCUT2D eigenvalue weighted by Crippen LogP contribution is 2.34. The van der Waals surface area contributed by atoms with Crippen LogP contribution in [0.2, 0.25) is 0 Å². The second-order valence-electron chi connectivity index (χ2n) is 9.40. The highest BCUT2D eigenvalue weighted by Gasteiger charge is 2.36. The summed E-state index contributed by atoms with van der Waals surface area (Å²) in [6.07, 6.45) is 3.64. The topological polar surface area (TPSA) is 70.2 Å². The molecule has 0 atom stereocenters. The van der Waals surface area contributed by atoms with Crippen LogP contribution in [0.15, 0.2) is 60.8 Å². The smallest absolute Gasteiger partial charge is 0.254 e. The van der Waals surface area contributed by atoms with E-state index in [1.807, 2.05) is 43.3 Å². The number of amides is 1. The van der Waals surface area contributed by atoms with E-state index in [9.17, 15) is 9.18 Å². The molecule has 1 aliphatic carbocycles. The molecular formula is C29H31FN4O2. The summed E-state index contributed by atoms with van der Waals surface area (Å²) < 4.78 is 19.8. The lowest BCUT2D eigenvalue weighted by atomic mass is 9.84. The van der Waals surface area contributed by atoms with E-state index in [2.05, 4.69) is 34.6 Å². The number of hydrogen-bond acceptors (Lipinski definition) is 4. The Morgan fingerprint density at radius 2 is 2.03 bits per heavy atom. The van der Waals surface area contributed by atoms with E-state index in [4.69, 9.17) is 4.74 Å². The monoisotopic (exact) mass is 486 g/mol. The number of benzene rings is 3. The van der Waals surface area contributed by atoms with Gasteiger partial charge in [0, 0.05) is 35.1 Å². The Morgan fingerprint density at radius 1 is 1.19 bits per heavy atom. The molecular weight excluding hydrogens is 455 g/mol. The van der Waals surface area contributed by atoms with Crippen LogP contribution in [0.25, 0.3) is 22.0 Å². The number of H-pyrrole nitrogens is 1. The molecule has 0 spiro atoms. The number of hydrogen-bond donors (Lipinski definition) is 2. The summed E-state index contributed by atoms with van der Waals surface area (Å²) in [5, 5.41) is 11.7. The average Bonchev–Trinajstić information content (AvgIpc) is 3.35. The SMILES string of the molecule is CCOc1cc(C(=O)N(Cc2ccc(C)c3cn[nH]c23)C2CC(NC)C2)ccc1-c1cccc(F)c1. The molecule has 0 aliphatic heterocycles. The Hall–Kier alpha value is -3.71. The molecule has 1 saturated carbocycles. The molecule has 186 valence electrons. The number of carbonyl (C=O) groups excluding carboxylic acids is 1. The predicted octanol–water partition coefficient (Wildman–Crippen LogP) is 5.47. The van der Waals surface area contributed by atoms with Gasteiger partial charge in [-0.25, -0.2) is 4.39 Å². The van der Waals surface area contributed by atoms with Crippen molar-refractivity contribution in [3.05, 3.63) is 83.3 Å². The lowest BCUT2D eigenvalue weighted by Crippen LogP contribution is -2.53. The van der Waals surface area contributed by atoms with Gasteiger partial charge in [-0.05, 0) is 80.8 Å². The van der Waals surface area contributed by atoms with Crippen LogP contribution in [0, 0.1) is 12.7 Å². The Morgan fingerprint density at radius 3 is 2.78 bits per heavy atom. The van der Waals surface area contributed by atoms with E-state index in [-0.39, 0.29) is 17.8 Å². The lowest BCUT2D eigenvalue weighted by Gasteiger charge is -2.43. The largest absolute Gasteiger partial charge is 0.493 e. The number of aromatic amines is 1. The van der Waals surface area contributed by atoms with E-state index < -0.39 is 0 Å².